The predicted molar refractivity (Wildman–Crippen MR) is 80.5 cm³/mol. The second-order valence-electron chi connectivity index (χ2n) is 4.68. The molecular formula is C13H16BrN5O2. The number of H-pyrrole nitrogens is 1. The third-order valence-electron chi connectivity index (χ3n) is 3.20. The molecule has 2 amide bonds. The number of aryl methyl sites for hydroxylation is 2. The van der Waals surface area contributed by atoms with Crippen molar-refractivity contribution in [3.05, 3.63) is 39.4 Å². The monoisotopic (exact) mass is 353 g/mol. The summed E-state index contributed by atoms with van der Waals surface area (Å²) in [7, 11) is 1.83. The van der Waals surface area contributed by atoms with Crippen molar-refractivity contribution in [2.45, 2.75) is 20.3 Å². The van der Waals surface area contributed by atoms with Crippen LogP contribution in [0.1, 0.15) is 27.4 Å². The number of hydrogen-bond donors (Lipinski definition) is 3. The van der Waals surface area contributed by atoms with E-state index in [0.29, 0.717) is 5.69 Å². The Morgan fingerprint density at radius 3 is 2.62 bits per heavy atom. The summed E-state index contributed by atoms with van der Waals surface area (Å²) in [6, 6.07) is 1.62. The fraction of sp³-hybridized carbons (Fsp3) is 0.308. The van der Waals surface area contributed by atoms with Gasteiger partial charge >= 0.3 is 0 Å². The maximum Gasteiger partial charge on any atom is 0.286 e. The van der Waals surface area contributed by atoms with Gasteiger partial charge in [0.25, 0.3) is 5.91 Å². The topological polar surface area (TPSA) is 91.8 Å². The largest absolute Gasteiger partial charge is 0.356 e. The van der Waals surface area contributed by atoms with Crippen LogP contribution in [0.3, 0.4) is 0 Å². The minimum absolute atomic E-state index is 0.167. The number of hydrogen-bond acceptors (Lipinski definition) is 3. The molecule has 112 valence electrons. The molecule has 0 unspecified atom stereocenters. The second kappa shape index (κ2) is 6.13. The van der Waals surface area contributed by atoms with E-state index < -0.39 is 5.91 Å². The first kappa shape index (κ1) is 15.3. The van der Waals surface area contributed by atoms with E-state index in [9.17, 15) is 9.59 Å². The Bertz CT molecular complexity index is 689. The van der Waals surface area contributed by atoms with E-state index in [2.05, 4.69) is 36.9 Å². The van der Waals surface area contributed by atoms with Gasteiger partial charge in [-0.25, -0.2) is 0 Å². The molecule has 0 aliphatic heterocycles. The van der Waals surface area contributed by atoms with E-state index >= 15 is 0 Å². The van der Waals surface area contributed by atoms with Crippen molar-refractivity contribution in [2.24, 2.45) is 7.05 Å². The number of aromatic nitrogens is 3. The van der Waals surface area contributed by atoms with Crippen LogP contribution in [-0.2, 0) is 18.3 Å². The number of amides is 2. The van der Waals surface area contributed by atoms with Crippen molar-refractivity contribution >= 4 is 27.7 Å². The molecule has 2 heterocycles. The van der Waals surface area contributed by atoms with E-state index in [0.717, 1.165) is 21.4 Å². The van der Waals surface area contributed by atoms with Crippen LogP contribution >= 0.6 is 15.9 Å². The number of hydrazine groups is 1. The average molecular weight is 354 g/mol. The first-order valence-corrected chi connectivity index (χ1v) is 7.10. The van der Waals surface area contributed by atoms with Gasteiger partial charge in [0, 0.05) is 29.0 Å². The zero-order chi connectivity index (χ0) is 15.6. The maximum absolute atomic E-state index is 11.9. The van der Waals surface area contributed by atoms with E-state index in [1.807, 2.05) is 20.9 Å². The highest BCUT2D eigenvalue weighted by Gasteiger charge is 2.14. The van der Waals surface area contributed by atoms with Gasteiger partial charge in [0.1, 0.15) is 5.69 Å². The van der Waals surface area contributed by atoms with Crippen LogP contribution in [-0.4, -0.2) is 26.6 Å². The standard InChI is InChI=1S/C13H16BrN5O2/c1-7-10(8(2)19(3)18-7)5-12(20)16-17-13(21)11-4-9(14)6-15-11/h4,6,15H,5H2,1-3H3,(H,16,20)(H,17,21). The van der Waals surface area contributed by atoms with Gasteiger partial charge in [0.15, 0.2) is 0 Å². The number of nitrogens with one attached hydrogen (secondary N) is 3. The minimum atomic E-state index is -0.409. The first-order chi connectivity index (χ1) is 9.88. The summed E-state index contributed by atoms with van der Waals surface area (Å²) in [5.74, 6) is -0.707. The van der Waals surface area contributed by atoms with Crippen molar-refractivity contribution < 1.29 is 9.59 Å². The normalized spacial score (nSPS) is 10.5. The van der Waals surface area contributed by atoms with Gasteiger partial charge in [-0.3, -0.25) is 25.1 Å². The zero-order valence-electron chi connectivity index (χ0n) is 12.0. The lowest BCUT2D eigenvalue weighted by Gasteiger charge is -2.06. The molecule has 0 fully saturated rings. The van der Waals surface area contributed by atoms with Gasteiger partial charge in [-0.05, 0) is 35.8 Å². The molecule has 2 aromatic heterocycles. The number of rotatable bonds is 3. The molecule has 0 radical (unpaired) electrons. The molecule has 0 aliphatic rings. The van der Waals surface area contributed by atoms with E-state index in [1.54, 1.807) is 16.9 Å². The van der Waals surface area contributed by atoms with Crippen molar-refractivity contribution in [1.29, 1.82) is 0 Å². The molecule has 21 heavy (non-hydrogen) atoms. The molecule has 0 saturated carbocycles. The maximum atomic E-state index is 11.9. The van der Waals surface area contributed by atoms with E-state index in [1.165, 1.54) is 0 Å². The number of aromatic amines is 1. The summed E-state index contributed by atoms with van der Waals surface area (Å²) in [6.07, 6.45) is 1.80. The molecule has 7 nitrogen and oxygen atoms in total. The highest BCUT2D eigenvalue weighted by molar-refractivity contribution is 9.10. The number of nitrogens with zero attached hydrogens (tertiary/aromatic N) is 2. The molecule has 0 aromatic carbocycles. The van der Waals surface area contributed by atoms with Crippen LogP contribution in [0.25, 0.3) is 0 Å². The van der Waals surface area contributed by atoms with Gasteiger partial charge in [-0.2, -0.15) is 5.10 Å². The number of carbonyl (C=O) groups excluding carboxylic acids is 2. The van der Waals surface area contributed by atoms with E-state index in [-0.39, 0.29) is 12.3 Å². The fourth-order valence-corrected chi connectivity index (χ4v) is 2.31. The molecule has 0 bridgehead atoms. The highest BCUT2D eigenvalue weighted by atomic mass is 79.9. The highest BCUT2D eigenvalue weighted by Crippen LogP contribution is 2.12. The SMILES string of the molecule is Cc1nn(C)c(C)c1CC(=O)NNC(=O)c1cc(Br)c[nH]1. The lowest BCUT2D eigenvalue weighted by molar-refractivity contribution is -0.121. The molecular weight excluding hydrogens is 338 g/mol. The summed E-state index contributed by atoms with van der Waals surface area (Å²) in [4.78, 5) is 26.4. The van der Waals surface area contributed by atoms with Crippen LogP contribution in [0.2, 0.25) is 0 Å². The summed E-state index contributed by atoms with van der Waals surface area (Å²) in [5, 5.41) is 4.25. The van der Waals surface area contributed by atoms with Crippen LogP contribution in [0.4, 0.5) is 0 Å². The molecule has 2 rings (SSSR count). The van der Waals surface area contributed by atoms with Crippen molar-refractivity contribution in [3.63, 3.8) is 0 Å². The summed E-state index contributed by atoms with van der Waals surface area (Å²) in [5.41, 5.74) is 7.72. The van der Waals surface area contributed by atoms with Crippen LogP contribution in [0, 0.1) is 13.8 Å². The summed E-state index contributed by atoms with van der Waals surface area (Å²) in [6.45, 7) is 3.75. The van der Waals surface area contributed by atoms with Crippen molar-refractivity contribution in [2.75, 3.05) is 0 Å². The van der Waals surface area contributed by atoms with Crippen molar-refractivity contribution in [1.82, 2.24) is 25.6 Å². The third kappa shape index (κ3) is 3.52. The zero-order valence-corrected chi connectivity index (χ0v) is 13.5. The summed E-state index contributed by atoms with van der Waals surface area (Å²) < 4.78 is 2.49. The van der Waals surface area contributed by atoms with E-state index in [4.69, 9.17) is 0 Å². The Morgan fingerprint density at radius 1 is 1.38 bits per heavy atom. The lowest BCUT2D eigenvalue weighted by Crippen LogP contribution is -2.42. The minimum Gasteiger partial charge on any atom is -0.356 e. The average Bonchev–Trinajstić information content (AvgIpc) is 2.96. The number of carbonyl (C=O) groups is 2. The van der Waals surface area contributed by atoms with Gasteiger partial charge < -0.3 is 4.98 Å². The Kier molecular flexibility index (Phi) is 4.46. The third-order valence-corrected chi connectivity index (χ3v) is 3.66. The molecule has 0 atom stereocenters. The second-order valence-corrected chi connectivity index (χ2v) is 5.60. The molecule has 8 heteroatoms. The first-order valence-electron chi connectivity index (χ1n) is 6.30. The molecule has 0 aliphatic carbocycles. The Hall–Kier alpha value is -2.09. The smallest absolute Gasteiger partial charge is 0.286 e. The predicted octanol–water partition coefficient (Wildman–Crippen LogP) is 1.13. The van der Waals surface area contributed by atoms with Gasteiger partial charge in [0.05, 0.1) is 12.1 Å². The molecule has 3 N–H and O–H groups in total. The number of halogens is 1. The molecule has 0 spiro atoms. The molecule has 0 saturated heterocycles. The lowest BCUT2D eigenvalue weighted by atomic mass is 10.1. The van der Waals surface area contributed by atoms with Crippen LogP contribution in [0.15, 0.2) is 16.7 Å². The summed E-state index contributed by atoms with van der Waals surface area (Å²) >= 11 is 3.24. The van der Waals surface area contributed by atoms with Crippen molar-refractivity contribution in [3.8, 4) is 0 Å². The van der Waals surface area contributed by atoms with Gasteiger partial charge in [0.2, 0.25) is 5.91 Å². The van der Waals surface area contributed by atoms with Gasteiger partial charge in [-0.15, -0.1) is 0 Å². The Morgan fingerprint density at radius 2 is 2.10 bits per heavy atom. The van der Waals surface area contributed by atoms with Crippen LogP contribution < -0.4 is 10.9 Å². The Balaban J connectivity index is 1.92. The fourth-order valence-electron chi connectivity index (χ4n) is 1.97. The quantitative estimate of drug-likeness (QED) is 0.722. The van der Waals surface area contributed by atoms with Gasteiger partial charge in [-0.1, -0.05) is 0 Å². The van der Waals surface area contributed by atoms with Crippen LogP contribution in [0.5, 0.6) is 0 Å². The Labute approximate surface area is 130 Å². The molecule has 2 aromatic rings.